The van der Waals surface area contributed by atoms with Crippen molar-refractivity contribution in [2.24, 2.45) is 0 Å². The first-order chi connectivity index (χ1) is 12.8. The Morgan fingerprint density at radius 3 is 2.52 bits per heavy atom. The molecule has 27 heavy (non-hydrogen) atoms. The van der Waals surface area contributed by atoms with Crippen LogP contribution in [0.15, 0.2) is 42.5 Å². The molecule has 0 heterocycles. The summed E-state index contributed by atoms with van der Waals surface area (Å²) in [5, 5.41) is 8.15. The van der Waals surface area contributed by atoms with E-state index < -0.39 is 6.03 Å². The molecule has 3 amide bonds. The Morgan fingerprint density at radius 1 is 1.19 bits per heavy atom. The summed E-state index contributed by atoms with van der Waals surface area (Å²) in [6.07, 6.45) is 0. The van der Waals surface area contributed by atoms with Crippen LogP contribution in [0.4, 0.5) is 14.9 Å². The van der Waals surface area contributed by atoms with Crippen molar-refractivity contribution in [3.63, 3.8) is 0 Å². The number of carbonyl (C=O) groups excluding carboxylic acids is 2. The number of likely N-dealkylation sites (N-methyl/N-ethyl adjacent to an activating group) is 1. The van der Waals surface area contributed by atoms with Gasteiger partial charge in [-0.1, -0.05) is 23.7 Å². The number of hydrogen-bond donors (Lipinski definition) is 3. The van der Waals surface area contributed by atoms with Crippen LogP contribution in [0.3, 0.4) is 0 Å². The summed E-state index contributed by atoms with van der Waals surface area (Å²) >= 11 is 6.08. The molecule has 2 aromatic carbocycles. The third kappa shape index (κ3) is 5.67. The second-order valence-corrected chi connectivity index (χ2v) is 6.55. The molecular weight excluding hydrogens is 371 g/mol. The molecular formula is C19H22ClFN4O2. The van der Waals surface area contributed by atoms with Crippen LogP contribution in [-0.2, 0) is 0 Å². The number of nitrogens with zero attached hydrogens (tertiary/aromatic N) is 1. The van der Waals surface area contributed by atoms with Crippen molar-refractivity contribution in [2.45, 2.75) is 6.04 Å². The summed E-state index contributed by atoms with van der Waals surface area (Å²) < 4.78 is 13.5. The van der Waals surface area contributed by atoms with Crippen molar-refractivity contribution in [3.05, 3.63) is 64.4 Å². The van der Waals surface area contributed by atoms with Gasteiger partial charge >= 0.3 is 6.03 Å². The van der Waals surface area contributed by atoms with E-state index in [9.17, 15) is 14.0 Å². The summed E-state index contributed by atoms with van der Waals surface area (Å²) in [4.78, 5) is 25.7. The lowest BCUT2D eigenvalue weighted by atomic mass is 10.1. The zero-order valence-electron chi connectivity index (χ0n) is 15.3. The topological polar surface area (TPSA) is 73.5 Å². The zero-order chi connectivity index (χ0) is 20.0. The van der Waals surface area contributed by atoms with Crippen molar-refractivity contribution in [3.8, 4) is 0 Å². The first-order valence-corrected chi connectivity index (χ1v) is 8.68. The molecule has 2 aromatic rings. The average Bonchev–Trinajstić information content (AvgIpc) is 2.61. The maximum Gasteiger partial charge on any atom is 0.319 e. The lowest BCUT2D eigenvalue weighted by Crippen LogP contribution is -2.37. The number of rotatable bonds is 6. The Balaban J connectivity index is 2.00. The van der Waals surface area contributed by atoms with Gasteiger partial charge in [-0.15, -0.1) is 0 Å². The monoisotopic (exact) mass is 392 g/mol. The highest BCUT2D eigenvalue weighted by Gasteiger charge is 2.16. The highest BCUT2D eigenvalue weighted by atomic mass is 35.5. The Labute approximate surface area is 162 Å². The standard InChI is InChI=1S/C19H22ClFN4O2/c1-22-18(26)15-8-7-14(10-16(15)20)24-19(27)23-11-17(25(2)3)12-5-4-6-13(21)9-12/h4-10,17H,11H2,1-3H3,(H,22,26)(H2,23,24,27). The number of halogens is 2. The molecule has 0 saturated carbocycles. The predicted molar refractivity (Wildman–Crippen MR) is 105 cm³/mol. The minimum Gasteiger partial charge on any atom is -0.355 e. The molecule has 3 N–H and O–H groups in total. The Hall–Kier alpha value is -2.64. The molecule has 8 heteroatoms. The minimum atomic E-state index is -0.429. The van der Waals surface area contributed by atoms with Gasteiger partial charge in [-0.2, -0.15) is 0 Å². The second kappa shape index (κ2) is 9.34. The highest BCUT2D eigenvalue weighted by molar-refractivity contribution is 6.34. The van der Waals surface area contributed by atoms with E-state index in [1.165, 1.54) is 31.3 Å². The van der Waals surface area contributed by atoms with E-state index in [2.05, 4.69) is 16.0 Å². The van der Waals surface area contributed by atoms with Crippen molar-refractivity contribution in [1.82, 2.24) is 15.5 Å². The van der Waals surface area contributed by atoms with E-state index in [1.807, 2.05) is 25.1 Å². The first-order valence-electron chi connectivity index (χ1n) is 8.30. The van der Waals surface area contributed by atoms with Gasteiger partial charge in [0.2, 0.25) is 0 Å². The van der Waals surface area contributed by atoms with Crippen LogP contribution in [0.2, 0.25) is 5.02 Å². The van der Waals surface area contributed by atoms with Gasteiger partial charge in [-0.05, 0) is 50.0 Å². The van der Waals surface area contributed by atoms with Crippen molar-refractivity contribution in [1.29, 1.82) is 0 Å². The van der Waals surface area contributed by atoms with Crippen LogP contribution in [0.5, 0.6) is 0 Å². The molecule has 0 fully saturated rings. The van der Waals surface area contributed by atoms with E-state index in [1.54, 1.807) is 12.1 Å². The summed E-state index contributed by atoms with van der Waals surface area (Å²) in [6.45, 7) is 0.284. The van der Waals surface area contributed by atoms with Crippen LogP contribution >= 0.6 is 11.6 Å². The fraction of sp³-hybridized carbons (Fsp3) is 0.263. The number of nitrogens with one attached hydrogen (secondary N) is 3. The van der Waals surface area contributed by atoms with Gasteiger partial charge in [-0.25, -0.2) is 9.18 Å². The van der Waals surface area contributed by atoms with Crippen LogP contribution in [0.1, 0.15) is 22.0 Å². The molecule has 0 aliphatic heterocycles. The maximum atomic E-state index is 13.5. The average molecular weight is 393 g/mol. The van der Waals surface area contributed by atoms with Crippen LogP contribution in [0, 0.1) is 5.82 Å². The third-order valence-electron chi connectivity index (χ3n) is 4.01. The van der Waals surface area contributed by atoms with E-state index in [-0.39, 0.29) is 29.3 Å². The first kappa shape index (κ1) is 20.7. The van der Waals surface area contributed by atoms with E-state index in [4.69, 9.17) is 11.6 Å². The molecule has 6 nitrogen and oxygen atoms in total. The van der Waals surface area contributed by atoms with E-state index in [0.29, 0.717) is 11.3 Å². The molecule has 0 bridgehead atoms. The van der Waals surface area contributed by atoms with Crippen LogP contribution in [-0.4, -0.2) is 44.5 Å². The van der Waals surface area contributed by atoms with Crippen molar-refractivity contribution < 1.29 is 14.0 Å². The number of hydrogen-bond acceptors (Lipinski definition) is 3. The third-order valence-corrected chi connectivity index (χ3v) is 4.32. The van der Waals surface area contributed by atoms with Gasteiger partial charge in [0.05, 0.1) is 16.6 Å². The van der Waals surface area contributed by atoms with Gasteiger partial charge in [0.15, 0.2) is 0 Å². The SMILES string of the molecule is CNC(=O)c1ccc(NC(=O)NCC(c2cccc(F)c2)N(C)C)cc1Cl. The van der Waals surface area contributed by atoms with E-state index in [0.717, 1.165) is 5.56 Å². The van der Waals surface area contributed by atoms with Crippen LogP contribution < -0.4 is 16.0 Å². The van der Waals surface area contributed by atoms with Gasteiger partial charge in [-0.3, -0.25) is 4.79 Å². The number of urea groups is 1. The lowest BCUT2D eigenvalue weighted by Gasteiger charge is -2.25. The molecule has 0 aliphatic carbocycles. The smallest absolute Gasteiger partial charge is 0.319 e. The Bertz CT molecular complexity index is 829. The van der Waals surface area contributed by atoms with Crippen molar-refractivity contribution >= 4 is 29.2 Å². The lowest BCUT2D eigenvalue weighted by molar-refractivity contribution is 0.0963. The molecule has 144 valence electrons. The second-order valence-electron chi connectivity index (χ2n) is 6.14. The fourth-order valence-corrected chi connectivity index (χ4v) is 2.86. The minimum absolute atomic E-state index is 0.189. The summed E-state index contributed by atoms with van der Waals surface area (Å²) in [5.74, 6) is -0.630. The molecule has 0 spiro atoms. The molecule has 1 atom stereocenters. The van der Waals surface area contributed by atoms with E-state index >= 15 is 0 Å². The molecule has 2 rings (SSSR count). The van der Waals surface area contributed by atoms with Crippen LogP contribution in [0.25, 0.3) is 0 Å². The van der Waals surface area contributed by atoms with Gasteiger partial charge in [0.25, 0.3) is 5.91 Å². The maximum absolute atomic E-state index is 13.5. The zero-order valence-corrected chi connectivity index (χ0v) is 16.1. The van der Waals surface area contributed by atoms with Gasteiger partial charge in [0, 0.05) is 19.3 Å². The summed E-state index contributed by atoms with van der Waals surface area (Å²) in [6, 6.07) is 10.3. The number of benzene rings is 2. The largest absolute Gasteiger partial charge is 0.355 e. The fourth-order valence-electron chi connectivity index (χ4n) is 2.59. The summed E-state index contributed by atoms with van der Waals surface area (Å²) in [5.41, 5.74) is 1.54. The molecule has 0 aliphatic rings. The van der Waals surface area contributed by atoms with Gasteiger partial charge < -0.3 is 20.9 Å². The van der Waals surface area contributed by atoms with Gasteiger partial charge in [0.1, 0.15) is 5.82 Å². The normalized spacial score (nSPS) is 11.8. The number of anilines is 1. The number of amides is 3. The Kier molecular flexibility index (Phi) is 7.15. The molecule has 0 radical (unpaired) electrons. The Morgan fingerprint density at radius 2 is 1.93 bits per heavy atom. The number of carbonyl (C=O) groups is 2. The quantitative estimate of drug-likeness (QED) is 0.706. The molecule has 1 unspecified atom stereocenters. The molecule has 0 aromatic heterocycles. The highest BCUT2D eigenvalue weighted by Crippen LogP contribution is 2.21. The van der Waals surface area contributed by atoms with Crippen molar-refractivity contribution in [2.75, 3.05) is 33.0 Å². The molecule has 0 saturated heterocycles. The predicted octanol–water partition coefficient (Wildman–Crippen LogP) is 3.26. The summed E-state index contributed by atoms with van der Waals surface area (Å²) in [7, 11) is 5.22.